The fourth-order valence-corrected chi connectivity index (χ4v) is 2.36. The SMILES string of the molecule is CN(C(=O)c1ccc(C(=O)O)s1)c1cccc(F)c1. The molecule has 6 heteroatoms. The molecule has 0 bridgehead atoms. The Balaban J connectivity index is 2.25. The number of thiophene rings is 1. The second-order valence-corrected chi connectivity index (χ2v) is 4.90. The van der Waals surface area contributed by atoms with Crippen LogP contribution in [0.25, 0.3) is 0 Å². The van der Waals surface area contributed by atoms with Gasteiger partial charge in [0.25, 0.3) is 5.91 Å². The lowest BCUT2D eigenvalue weighted by Gasteiger charge is -2.16. The van der Waals surface area contributed by atoms with Gasteiger partial charge < -0.3 is 10.0 Å². The molecule has 98 valence electrons. The van der Waals surface area contributed by atoms with Gasteiger partial charge in [-0.1, -0.05) is 6.07 Å². The molecule has 1 heterocycles. The normalized spacial score (nSPS) is 10.2. The number of benzene rings is 1. The number of carbonyl (C=O) groups is 2. The molecule has 4 nitrogen and oxygen atoms in total. The summed E-state index contributed by atoms with van der Waals surface area (Å²) in [6, 6.07) is 8.46. The van der Waals surface area contributed by atoms with Gasteiger partial charge in [-0.15, -0.1) is 11.3 Å². The van der Waals surface area contributed by atoms with Crippen molar-refractivity contribution >= 4 is 28.9 Å². The summed E-state index contributed by atoms with van der Waals surface area (Å²) in [5, 5.41) is 8.81. The highest BCUT2D eigenvalue weighted by atomic mass is 32.1. The van der Waals surface area contributed by atoms with Gasteiger partial charge in [-0.25, -0.2) is 9.18 Å². The molecule has 2 rings (SSSR count). The average molecular weight is 279 g/mol. The van der Waals surface area contributed by atoms with E-state index in [-0.39, 0.29) is 10.8 Å². The van der Waals surface area contributed by atoms with Crippen LogP contribution in [0.15, 0.2) is 36.4 Å². The van der Waals surface area contributed by atoms with E-state index in [0.29, 0.717) is 10.6 Å². The van der Waals surface area contributed by atoms with Gasteiger partial charge in [0.2, 0.25) is 0 Å². The van der Waals surface area contributed by atoms with E-state index in [2.05, 4.69) is 0 Å². The topological polar surface area (TPSA) is 57.6 Å². The van der Waals surface area contributed by atoms with Gasteiger partial charge in [-0.05, 0) is 30.3 Å². The number of hydrogen-bond donors (Lipinski definition) is 1. The zero-order valence-electron chi connectivity index (χ0n) is 9.96. The lowest BCUT2D eigenvalue weighted by atomic mass is 10.2. The summed E-state index contributed by atoms with van der Waals surface area (Å²) in [5.74, 6) is -1.88. The minimum Gasteiger partial charge on any atom is -0.477 e. The first-order chi connectivity index (χ1) is 8.99. The molecule has 1 N–H and O–H groups in total. The number of rotatable bonds is 3. The second kappa shape index (κ2) is 5.19. The van der Waals surface area contributed by atoms with Crippen molar-refractivity contribution < 1.29 is 19.1 Å². The largest absolute Gasteiger partial charge is 0.477 e. The van der Waals surface area contributed by atoms with Crippen molar-refractivity contribution in [3.63, 3.8) is 0 Å². The first-order valence-electron chi connectivity index (χ1n) is 5.36. The highest BCUT2D eigenvalue weighted by Gasteiger charge is 2.17. The molecule has 0 spiro atoms. The smallest absolute Gasteiger partial charge is 0.345 e. The van der Waals surface area contributed by atoms with Gasteiger partial charge in [0.1, 0.15) is 10.7 Å². The number of carboxylic acid groups (broad SMARTS) is 1. The summed E-state index contributed by atoms with van der Waals surface area (Å²) < 4.78 is 13.1. The molecule has 0 fully saturated rings. The fourth-order valence-electron chi connectivity index (χ4n) is 1.54. The van der Waals surface area contributed by atoms with Crippen LogP contribution < -0.4 is 4.90 Å². The Bertz CT molecular complexity index is 638. The van der Waals surface area contributed by atoms with Crippen LogP contribution in [0.1, 0.15) is 19.3 Å². The molecule has 1 aromatic heterocycles. The third-order valence-electron chi connectivity index (χ3n) is 2.53. The number of nitrogens with zero attached hydrogens (tertiary/aromatic N) is 1. The molecule has 0 saturated carbocycles. The van der Waals surface area contributed by atoms with E-state index in [1.807, 2.05) is 0 Å². The Kier molecular flexibility index (Phi) is 3.62. The predicted octanol–water partition coefficient (Wildman–Crippen LogP) is 2.86. The molecule has 0 aliphatic heterocycles. The van der Waals surface area contributed by atoms with Crippen LogP contribution in [0, 0.1) is 5.82 Å². The van der Waals surface area contributed by atoms with Gasteiger partial charge in [0.15, 0.2) is 0 Å². The van der Waals surface area contributed by atoms with Crippen LogP contribution in [-0.2, 0) is 0 Å². The van der Waals surface area contributed by atoms with E-state index in [1.165, 1.54) is 42.3 Å². The third kappa shape index (κ3) is 2.79. The van der Waals surface area contributed by atoms with Crippen LogP contribution in [0.2, 0.25) is 0 Å². The quantitative estimate of drug-likeness (QED) is 0.939. The van der Waals surface area contributed by atoms with Crippen molar-refractivity contribution in [2.24, 2.45) is 0 Å². The molecule has 2 aromatic rings. The van der Waals surface area contributed by atoms with Crippen molar-refractivity contribution in [2.45, 2.75) is 0 Å². The Morgan fingerprint density at radius 2 is 1.89 bits per heavy atom. The first-order valence-corrected chi connectivity index (χ1v) is 6.17. The Morgan fingerprint density at radius 3 is 2.47 bits per heavy atom. The number of carbonyl (C=O) groups excluding carboxylic acids is 1. The average Bonchev–Trinajstić information content (AvgIpc) is 2.86. The number of hydrogen-bond acceptors (Lipinski definition) is 3. The van der Waals surface area contributed by atoms with E-state index in [0.717, 1.165) is 11.3 Å². The zero-order valence-corrected chi connectivity index (χ0v) is 10.8. The minimum atomic E-state index is -1.07. The molecule has 0 radical (unpaired) electrons. The van der Waals surface area contributed by atoms with Crippen LogP contribution in [0.3, 0.4) is 0 Å². The van der Waals surface area contributed by atoms with Crippen molar-refractivity contribution in [3.8, 4) is 0 Å². The van der Waals surface area contributed by atoms with E-state index < -0.39 is 11.8 Å². The Hall–Kier alpha value is -2.21. The first kappa shape index (κ1) is 13.2. The van der Waals surface area contributed by atoms with E-state index in [4.69, 9.17) is 5.11 Å². The molecule has 1 amide bonds. The summed E-state index contributed by atoms with van der Waals surface area (Å²) in [6.45, 7) is 0. The molecule has 0 aliphatic rings. The lowest BCUT2D eigenvalue weighted by Crippen LogP contribution is -2.25. The maximum absolute atomic E-state index is 13.1. The van der Waals surface area contributed by atoms with E-state index in [9.17, 15) is 14.0 Å². The minimum absolute atomic E-state index is 0.0935. The molecular weight excluding hydrogens is 269 g/mol. The van der Waals surface area contributed by atoms with Crippen molar-refractivity contribution in [1.82, 2.24) is 0 Å². The van der Waals surface area contributed by atoms with Crippen molar-refractivity contribution in [2.75, 3.05) is 11.9 Å². The number of aromatic carboxylic acids is 1. The summed E-state index contributed by atoms with van der Waals surface area (Å²) in [6.07, 6.45) is 0. The van der Waals surface area contributed by atoms with E-state index in [1.54, 1.807) is 6.07 Å². The zero-order chi connectivity index (χ0) is 14.0. The molecular formula is C13H10FNO3S. The monoisotopic (exact) mass is 279 g/mol. The Labute approximate surface area is 112 Å². The summed E-state index contributed by atoms with van der Waals surface area (Å²) in [7, 11) is 1.51. The Morgan fingerprint density at radius 1 is 1.21 bits per heavy atom. The lowest BCUT2D eigenvalue weighted by molar-refractivity contribution is 0.0702. The number of anilines is 1. The van der Waals surface area contributed by atoms with Gasteiger partial charge in [0.05, 0.1) is 4.88 Å². The molecule has 0 atom stereocenters. The number of halogens is 1. The van der Waals surface area contributed by atoms with Crippen molar-refractivity contribution in [3.05, 3.63) is 52.0 Å². The van der Waals surface area contributed by atoms with Crippen LogP contribution in [0.4, 0.5) is 10.1 Å². The van der Waals surface area contributed by atoms with E-state index >= 15 is 0 Å². The fraction of sp³-hybridized carbons (Fsp3) is 0.0769. The highest BCUT2D eigenvalue weighted by molar-refractivity contribution is 7.16. The maximum atomic E-state index is 13.1. The summed E-state index contributed by atoms with van der Waals surface area (Å²) >= 11 is 0.892. The van der Waals surface area contributed by atoms with Crippen LogP contribution in [-0.4, -0.2) is 24.0 Å². The summed E-state index contributed by atoms with van der Waals surface area (Å²) in [4.78, 5) is 24.5. The molecule has 0 aliphatic carbocycles. The van der Waals surface area contributed by atoms with Crippen LogP contribution in [0.5, 0.6) is 0 Å². The molecule has 1 aromatic carbocycles. The second-order valence-electron chi connectivity index (χ2n) is 3.81. The van der Waals surface area contributed by atoms with Gasteiger partial charge in [0, 0.05) is 12.7 Å². The maximum Gasteiger partial charge on any atom is 0.345 e. The standard InChI is InChI=1S/C13H10FNO3S/c1-15(9-4-2-3-8(14)7-9)12(16)10-5-6-11(19-10)13(17)18/h2-7H,1H3,(H,17,18). The molecule has 0 unspecified atom stereocenters. The van der Waals surface area contributed by atoms with Gasteiger partial charge in [-0.3, -0.25) is 4.79 Å². The number of carboxylic acids is 1. The molecule has 0 saturated heterocycles. The number of amides is 1. The molecule has 19 heavy (non-hydrogen) atoms. The summed E-state index contributed by atoms with van der Waals surface area (Å²) in [5.41, 5.74) is 0.412. The predicted molar refractivity (Wildman–Crippen MR) is 70.4 cm³/mol. The van der Waals surface area contributed by atoms with Crippen LogP contribution >= 0.6 is 11.3 Å². The van der Waals surface area contributed by atoms with Gasteiger partial charge >= 0.3 is 5.97 Å². The van der Waals surface area contributed by atoms with Gasteiger partial charge in [-0.2, -0.15) is 0 Å². The third-order valence-corrected chi connectivity index (χ3v) is 3.59. The highest BCUT2D eigenvalue weighted by Crippen LogP contribution is 2.21. The van der Waals surface area contributed by atoms with Crippen molar-refractivity contribution in [1.29, 1.82) is 0 Å².